The monoisotopic (exact) mass is 213 g/mol. The predicted octanol–water partition coefficient (Wildman–Crippen LogP) is 3.24. The number of rotatable bonds is 3. The summed E-state index contributed by atoms with van der Waals surface area (Å²) >= 11 is 0. The zero-order valence-corrected chi connectivity index (χ0v) is 10.6. The molecule has 0 bridgehead atoms. The quantitative estimate of drug-likeness (QED) is 0.781. The molecule has 0 amide bonds. The molecular weight excluding hydrogens is 186 g/mol. The van der Waals surface area contributed by atoms with Gasteiger partial charge in [0.15, 0.2) is 0 Å². The Morgan fingerprint density at radius 2 is 1.73 bits per heavy atom. The number of ether oxygens (including phenoxy) is 1. The highest BCUT2D eigenvalue weighted by Gasteiger charge is 2.26. The lowest BCUT2D eigenvalue weighted by Gasteiger charge is -2.34. The summed E-state index contributed by atoms with van der Waals surface area (Å²) in [5.74, 6) is 0. The van der Waals surface area contributed by atoms with E-state index in [4.69, 9.17) is 10.5 Å². The Hall–Kier alpha value is -0.0800. The summed E-state index contributed by atoms with van der Waals surface area (Å²) in [5, 5.41) is 0. The molecule has 1 aliphatic rings. The minimum Gasteiger partial charge on any atom is -0.371 e. The largest absolute Gasteiger partial charge is 0.371 e. The first-order valence-electron chi connectivity index (χ1n) is 6.48. The molecule has 0 aromatic rings. The second-order valence-corrected chi connectivity index (χ2v) is 5.42. The summed E-state index contributed by atoms with van der Waals surface area (Å²) in [6.07, 6.45) is 8.84. The van der Waals surface area contributed by atoms with Gasteiger partial charge in [-0.05, 0) is 33.1 Å². The molecule has 0 aromatic heterocycles. The lowest BCUT2D eigenvalue weighted by atomic mass is 9.94. The Morgan fingerprint density at radius 3 is 2.33 bits per heavy atom. The van der Waals surface area contributed by atoms with Crippen molar-refractivity contribution in [2.45, 2.75) is 83.5 Å². The molecule has 2 atom stereocenters. The fourth-order valence-electron chi connectivity index (χ4n) is 2.12. The molecule has 0 spiro atoms. The average molecular weight is 213 g/mol. The first-order valence-corrected chi connectivity index (χ1v) is 6.48. The molecule has 2 heteroatoms. The predicted molar refractivity (Wildman–Crippen MR) is 64.9 cm³/mol. The minimum atomic E-state index is -0.0124. The molecule has 1 fully saturated rings. The summed E-state index contributed by atoms with van der Waals surface area (Å²) in [7, 11) is 0. The van der Waals surface area contributed by atoms with Crippen molar-refractivity contribution in [2.24, 2.45) is 5.73 Å². The maximum atomic E-state index is 6.19. The molecule has 2 unspecified atom stereocenters. The van der Waals surface area contributed by atoms with Crippen LogP contribution in [0.1, 0.15) is 65.7 Å². The van der Waals surface area contributed by atoms with Gasteiger partial charge in [0.05, 0.1) is 11.7 Å². The summed E-state index contributed by atoms with van der Waals surface area (Å²) in [5.41, 5.74) is 6.17. The van der Waals surface area contributed by atoms with Crippen LogP contribution in [0.3, 0.4) is 0 Å². The zero-order chi connectivity index (χ0) is 11.3. The van der Waals surface area contributed by atoms with Crippen molar-refractivity contribution in [3.63, 3.8) is 0 Å². The van der Waals surface area contributed by atoms with Crippen molar-refractivity contribution < 1.29 is 4.74 Å². The summed E-state index contributed by atoms with van der Waals surface area (Å²) in [6, 6.07) is 0.246. The van der Waals surface area contributed by atoms with E-state index in [-0.39, 0.29) is 17.7 Å². The maximum absolute atomic E-state index is 6.19. The molecule has 1 aliphatic carbocycles. The van der Waals surface area contributed by atoms with Crippen molar-refractivity contribution in [3.05, 3.63) is 0 Å². The van der Waals surface area contributed by atoms with Crippen LogP contribution in [0.5, 0.6) is 0 Å². The first kappa shape index (κ1) is 13.0. The molecule has 0 heterocycles. The lowest BCUT2D eigenvalue weighted by molar-refractivity contribution is -0.0889. The highest BCUT2D eigenvalue weighted by molar-refractivity contribution is 4.79. The van der Waals surface area contributed by atoms with E-state index in [0.29, 0.717) is 0 Å². The summed E-state index contributed by atoms with van der Waals surface area (Å²) in [4.78, 5) is 0. The summed E-state index contributed by atoms with van der Waals surface area (Å²) < 4.78 is 6.15. The van der Waals surface area contributed by atoms with Crippen molar-refractivity contribution in [1.29, 1.82) is 0 Å². The normalized spacial score (nSPS) is 29.6. The van der Waals surface area contributed by atoms with E-state index in [1.807, 2.05) is 0 Å². The standard InChI is InChI=1S/C13H27NO/c1-4-13(2,3)15-12-10-8-6-5-7-9-11(12)14/h11-12H,4-10,14H2,1-3H3. The van der Waals surface area contributed by atoms with Gasteiger partial charge in [0, 0.05) is 6.04 Å². The maximum Gasteiger partial charge on any atom is 0.0733 e. The van der Waals surface area contributed by atoms with Crippen molar-refractivity contribution in [3.8, 4) is 0 Å². The first-order chi connectivity index (χ1) is 7.05. The van der Waals surface area contributed by atoms with Crippen molar-refractivity contribution in [1.82, 2.24) is 0 Å². The Balaban J connectivity index is 2.48. The molecule has 1 saturated carbocycles. The van der Waals surface area contributed by atoms with Gasteiger partial charge in [0.1, 0.15) is 0 Å². The smallest absolute Gasteiger partial charge is 0.0733 e. The third-order valence-electron chi connectivity index (χ3n) is 3.58. The third kappa shape index (κ3) is 4.52. The summed E-state index contributed by atoms with van der Waals surface area (Å²) in [6.45, 7) is 6.51. The van der Waals surface area contributed by atoms with Crippen LogP contribution in [0.25, 0.3) is 0 Å². The highest BCUT2D eigenvalue weighted by atomic mass is 16.5. The fraction of sp³-hybridized carbons (Fsp3) is 1.00. The topological polar surface area (TPSA) is 35.2 Å². The van der Waals surface area contributed by atoms with Crippen molar-refractivity contribution >= 4 is 0 Å². The van der Waals surface area contributed by atoms with Gasteiger partial charge in [0.25, 0.3) is 0 Å². The number of hydrogen-bond donors (Lipinski definition) is 1. The molecule has 2 nitrogen and oxygen atoms in total. The highest BCUT2D eigenvalue weighted by Crippen LogP contribution is 2.24. The van der Waals surface area contributed by atoms with E-state index in [9.17, 15) is 0 Å². The van der Waals surface area contributed by atoms with Gasteiger partial charge in [-0.15, -0.1) is 0 Å². The second-order valence-electron chi connectivity index (χ2n) is 5.42. The second kappa shape index (κ2) is 5.86. The Kier molecular flexibility index (Phi) is 5.07. The number of nitrogens with two attached hydrogens (primary N) is 1. The molecular formula is C13H27NO. The Labute approximate surface area is 94.6 Å². The van der Waals surface area contributed by atoms with Gasteiger partial charge in [-0.2, -0.15) is 0 Å². The zero-order valence-electron chi connectivity index (χ0n) is 10.6. The number of hydrogen-bond acceptors (Lipinski definition) is 2. The molecule has 90 valence electrons. The van der Waals surface area contributed by atoms with E-state index in [1.165, 1.54) is 25.7 Å². The van der Waals surface area contributed by atoms with Gasteiger partial charge < -0.3 is 10.5 Å². The molecule has 0 aromatic carbocycles. The third-order valence-corrected chi connectivity index (χ3v) is 3.58. The SMILES string of the molecule is CCC(C)(C)OC1CCCCCCC1N. The van der Waals surface area contributed by atoms with Crippen LogP contribution in [-0.4, -0.2) is 17.7 Å². The van der Waals surface area contributed by atoms with E-state index in [2.05, 4.69) is 20.8 Å². The van der Waals surface area contributed by atoms with E-state index >= 15 is 0 Å². The van der Waals surface area contributed by atoms with Crippen LogP contribution in [0, 0.1) is 0 Å². The minimum absolute atomic E-state index is 0.0124. The van der Waals surface area contributed by atoms with Gasteiger partial charge in [0.2, 0.25) is 0 Å². The van der Waals surface area contributed by atoms with Crippen LogP contribution < -0.4 is 5.73 Å². The van der Waals surface area contributed by atoms with Crippen LogP contribution in [0.15, 0.2) is 0 Å². The van der Waals surface area contributed by atoms with Crippen LogP contribution in [-0.2, 0) is 4.74 Å². The van der Waals surface area contributed by atoms with Gasteiger partial charge >= 0.3 is 0 Å². The van der Waals surface area contributed by atoms with Gasteiger partial charge in [-0.3, -0.25) is 0 Å². The average Bonchev–Trinajstić information content (AvgIpc) is 2.18. The molecule has 0 aliphatic heterocycles. The molecule has 0 saturated heterocycles. The Bertz CT molecular complexity index is 179. The molecule has 15 heavy (non-hydrogen) atoms. The van der Waals surface area contributed by atoms with E-state index < -0.39 is 0 Å². The van der Waals surface area contributed by atoms with Gasteiger partial charge in [-0.1, -0.05) is 32.6 Å². The lowest BCUT2D eigenvalue weighted by Crippen LogP contribution is -2.42. The molecule has 0 radical (unpaired) electrons. The van der Waals surface area contributed by atoms with E-state index in [1.54, 1.807) is 0 Å². The van der Waals surface area contributed by atoms with Crippen molar-refractivity contribution in [2.75, 3.05) is 0 Å². The molecule has 2 N–H and O–H groups in total. The molecule has 1 rings (SSSR count). The fourth-order valence-corrected chi connectivity index (χ4v) is 2.12. The van der Waals surface area contributed by atoms with Crippen LogP contribution >= 0.6 is 0 Å². The Morgan fingerprint density at radius 1 is 1.13 bits per heavy atom. The van der Waals surface area contributed by atoms with Crippen LogP contribution in [0.4, 0.5) is 0 Å². The van der Waals surface area contributed by atoms with Gasteiger partial charge in [-0.25, -0.2) is 0 Å². The van der Waals surface area contributed by atoms with Crippen LogP contribution in [0.2, 0.25) is 0 Å². The van der Waals surface area contributed by atoms with E-state index in [0.717, 1.165) is 19.3 Å².